The van der Waals surface area contributed by atoms with Crippen LogP contribution in [0.3, 0.4) is 0 Å². The number of thioether (sulfide) groups is 1. The summed E-state index contributed by atoms with van der Waals surface area (Å²) in [6.07, 6.45) is 7.43. The first-order valence-corrected chi connectivity index (χ1v) is 8.66. The summed E-state index contributed by atoms with van der Waals surface area (Å²) in [5.74, 6) is 0.719. The summed E-state index contributed by atoms with van der Waals surface area (Å²) in [6.45, 7) is 0. The second kappa shape index (κ2) is 5.47. The smallest absolute Gasteiger partial charge is 0.307 e. The van der Waals surface area contributed by atoms with Crippen LogP contribution in [0.25, 0.3) is 10.8 Å². The molecule has 1 saturated carbocycles. The van der Waals surface area contributed by atoms with Gasteiger partial charge >= 0.3 is 5.97 Å². The molecular formula is C19H18O2S. The number of carbonyl (C=O) groups is 1. The first-order chi connectivity index (χ1) is 10.7. The van der Waals surface area contributed by atoms with E-state index in [4.69, 9.17) is 5.11 Å². The van der Waals surface area contributed by atoms with Crippen LogP contribution in [-0.2, 0) is 11.2 Å². The molecule has 3 heteroatoms. The van der Waals surface area contributed by atoms with E-state index in [1.165, 1.54) is 23.1 Å². The highest BCUT2D eigenvalue weighted by Crippen LogP contribution is 2.48. The molecule has 2 bridgehead atoms. The standard InChI is InChI=1S/C19H18O2S/c20-19(21)11-13-7-8-17(16-4-2-1-3-15(13)16)22-18-10-12-5-6-14(18)9-12/h1-8,12,14,18H,9-11H2,(H,20,21). The molecule has 0 amide bonds. The predicted octanol–water partition coefficient (Wildman–Crippen LogP) is 4.52. The van der Waals surface area contributed by atoms with Crippen LogP contribution >= 0.6 is 11.8 Å². The molecule has 2 aliphatic carbocycles. The van der Waals surface area contributed by atoms with Crippen LogP contribution in [0.4, 0.5) is 0 Å². The van der Waals surface area contributed by atoms with Crippen LogP contribution in [0.2, 0.25) is 0 Å². The highest BCUT2D eigenvalue weighted by molar-refractivity contribution is 8.00. The zero-order valence-corrected chi connectivity index (χ0v) is 13.1. The normalized spacial score (nSPS) is 25.9. The Morgan fingerprint density at radius 1 is 1.09 bits per heavy atom. The molecule has 3 atom stereocenters. The quantitative estimate of drug-likeness (QED) is 0.843. The Kier molecular flexibility index (Phi) is 3.45. The fourth-order valence-corrected chi connectivity index (χ4v) is 5.28. The number of hydrogen-bond donors (Lipinski definition) is 1. The van der Waals surface area contributed by atoms with Crippen molar-refractivity contribution < 1.29 is 9.90 Å². The summed E-state index contributed by atoms with van der Waals surface area (Å²) in [4.78, 5) is 12.3. The molecule has 2 aromatic carbocycles. The van der Waals surface area contributed by atoms with Gasteiger partial charge < -0.3 is 5.11 Å². The van der Waals surface area contributed by atoms with Gasteiger partial charge in [-0.2, -0.15) is 0 Å². The Hall–Kier alpha value is -1.74. The van der Waals surface area contributed by atoms with Gasteiger partial charge in [0.15, 0.2) is 0 Å². The fraction of sp³-hybridized carbons (Fsp3) is 0.316. The number of fused-ring (bicyclic) bond motifs is 3. The van der Waals surface area contributed by atoms with Gasteiger partial charge in [0.05, 0.1) is 6.42 Å². The van der Waals surface area contributed by atoms with Gasteiger partial charge in [-0.1, -0.05) is 42.5 Å². The molecule has 2 aromatic rings. The van der Waals surface area contributed by atoms with Crippen LogP contribution in [0.5, 0.6) is 0 Å². The average Bonchev–Trinajstić information content (AvgIpc) is 3.12. The second-order valence-electron chi connectivity index (χ2n) is 6.28. The molecule has 0 aliphatic heterocycles. The van der Waals surface area contributed by atoms with E-state index in [1.807, 2.05) is 36.0 Å². The van der Waals surface area contributed by atoms with E-state index in [-0.39, 0.29) is 6.42 Å². The van der Waals surface area contributed by atoms with Gasteiger partial charge in [-0.25, -0.2) is 0 Å². The number of allylic oxidation sites excluding steroid dienone is 2. The fourth-order valence-electron chi connectivity index (χ4n) is 3.78. The first kappa shape index (κ1) is 13.9. The molecule has 1 N–H and O–H groups in total. The molecule has 4 rings (SSSR count). The Balaban J connectivity index is 1.69. The maximum atomic E-state index is 11.0. The Bertz CT molecular complexity index is 765. The molecule has 2 nitrogen and oxygen atoms in total. The molecule has 2 aliphatic rings. The molecular weight excluding hydrogens is 292 g/mol. The van der Waals surface area contributed by atoms with Crippen molar-refractivity contribution in [2.45, 2.75) is 29.4 Å². The maximum Gasteiger partial charge on any atom is 0.307 e. The Labute approximate surface area is 134 Å². The van der Waals surface area contributed by atoms with Crippen molar-refractivity contribution in [2.24, 2.45) is 11.8 Å². The van der Waals surface area contributed by atoms with E-state index in [9.17, 15) is 4.79 Å². The van der Waals surface area contributed by atoms with Crippen LogP contribution in [-0.4, -0.2) is 16.3 Å². The predicted molar refractivity (Wildman–Crippen MR) is 90.3 cm³/mol. The zero-order chi connectivity index (χ0) is 15.1. The summed E-state index contributed by atoms with van der Waals surface area (Å²) >= 11 is 1.97. The number of aliphatic carboxylic acids is 1. The summed E-state index contributed by atoms with van der Waals surface area (Å²) in [6, 6.07) is 12.3. The largest absolute Gasteiger partial charge is 0.481 e. The topological polar surface area (TPSA) is 37.3 Å². The lowest BCUT2D eigenvalue weighted by Crippen LogP contribution is -2.09. The van der Waals surface area contributed by atoms with Gasteiger partial charge in [-0.3, -0.25) is 4.79 Å². The first-order valence-electron chi connectivity index (χ1n) is 7.78. The summed E-state index contributed by atoms with van der Waals surface area (Å²) in [5, 5.41) is 12.0. The minimum absolute atomic E-state index is 0.0856. The summed E-state index contributed by atoms with van der Waals surface area (Å²) in [7, 11) is 0. The van der Waals surface area contributed by atoms with Crippen LogP contribution in [0, 0.1) is 11.8 Å². The van der Waals surface area contributed by atoms with Crippen molar-refractivity contribution in [1.29, 1.82) is 0 Å². The number of hydrogen-bond acceptors (Lipinski definition) is 2. The van der Waals surface area contributed by atoms with Crippen LogP contribution in [0.1, 0.15) is 18.4 Å². The minimum atomic E-state index is -0.774. The molecule has 0 aromatic heterocycles. The molecule has 22 heavy (non-hydrogen) atoms. The van der Waals surface area contributed by atoms with Crippen LogP contribution in [0.15, 0.2) is 53.4 Å². The molecule has 0 radical (unpaired) electrons. The highest BCUT2D eigenvalue weighted by atomic mass is 32.2. The van der Waals surface area contributed by atoms with E-state index in [0.717, 1.165) is 16.9 Å². The Morgan fingerprint density at radius 3 is 2.59 bits per heavy atom. The molecule has 112 valence electrons. The van der Waals surface area contributed by atoms with Gasteiger partial charge in [0.1, 0.15) is 0 Å². The lowest BCUT2D eigenvalue weighted by atomic mass is 10.0. The van der Waals surface area contributed by atoms with Crippen molar-refractivity contribution >= 4 is 28.5 Å². The van der Waals surface area contributed by atoms with Gasteiger partial charge in [0.25, 0.3) is 0 Å². The van der Waals surface area contributed by atoms with Crippen LogP contribution < -0.4 is 0 Å². The van der Waals surface area contributed by atoms with Crippen molar-refractivity contribution in [3.05, 3.63) is 54.1 Å². The summed E-state index contributed by atoms with van der Waals surface area (Å²) < 4.78 is 0. The molecule has 3 unspecified atom stereocenters. The zero-order valence-electron chi connectivity index (χ0n) is 12.2. The van der Waals surface area contributed by atoms with Gasteiger partial charge in [0.2, 0.25) is 0 Å². The second-order valence-corrected chi connectivity index (χ2v) is 7.56. The molecule has 0 heterocycles. The lowest BCUT2D eigenvalue weighted by molar-refractivity contribution is -0.136. The number of rotatable bonds is 4. The monoisotopic (exact) mass is 310 g/mol. The van der Waals surface area contributed by atoms with E-state index >= 15 is 0 Å². The molecule has 0 saturated heterocycles. The van der Waals surface area contributed by atoms with E-state index < -0.39 is 5.97 Å². The minimum Gasteiger partial charge on any atom is -0.481 e. The third kappa shape index (κ3) is 2.44. The number of carboxylic acids is 1. The lowest BCUT2D eigenvalue weighted by Gasteiger charge is -2.19. The molecule has 1 fully saturated rings. The van der Waals surface area contributed by atoms with Crippen molar-refractivity contribution in [3.8, 4) is 0 Å². The third-order valence-electron chi connectivity index (χ3n) is 4.81. The van der Waals surface area contributed by atoms with Gasteiger partial charge in [-0.05, 0) is 47.1 Å². The van der Waals surface area contributed by atoms with Crippen molar-refractivity contribution in [2.75, 3.05) is 0 Å². The number of benzene rings is 2. The highest BCUT2D eigenvalue weighted by Gasteiger charge is 2.36. The van der Waals surface area contributed by atoms with Gasteiger partial charge in [0, 0.05) is 10.1 Å². The van der Waals surface area contributed by atoms with E-state index in [2.05, 4.69) is 24.3 Å². The van der Waals surface area contributed by atoms with Gasteiger partial charge in [-0.15, -0.1) is 11.8 Å². The van der Waals surface area contributed by atoms with Crippen molar-refractivity contribution in [1.82, 2.24) is 0 Å². The van der Waals surface area contributed by atoms with E-state index in [1.54, 1.807) is 0 Å². The molecule has 0 spiro atoms. The third-order valence-corrected chi connectivity index (χ3v) is 6.27. The van der Waals surface area contributed by atoms with E-state index in [0.29, 0.717) is 11.2 Å². The number of carboxylic acid groups (broad SMARTS) is 1. The maximum absolute atomic E-state index is 11.0. The van der Waals surface area contributed by atoms with Crippen molar-refractivity contribution in [3.63, 3.8) is 0 Å². The Morgan fingerprint density at radius 2 is 1.91 bits per heavy atom. The average molecular weight is 310 g/mol. The summed E-state index contributed by atoms with van der Waals surface area (Å²) in [5.41, 5.74) is 0.903. The SMILES string of the molecule is O=C(O)Cc1ccc(SC2CC3C=CC2C3)c2ccccc12.